The van der Waals surface area contributed by atoms with E-state index in [2.05, 4.69) is 10.1 Å². The molecule has 0 bridgehead atoms. The van der Waals surface area contributed by atoms with Gasteiger partial charge in [0, 0.05) is 6.54 Å². The van der Waals surface area contributed by atoms with Crippen molar-refractivity contribution in [2.24, 2.45) is 0 Å². The fraction of sp³-hybridized carbons (Fsp3) is 0.467. The molecule has 21 heavy (non-hydrogen) atoms. The standard InChI is InChI=1S/C15H18F2N4/c1-11-7-12-3-2-5-20(15(12)13(17)8-11)9-14-18-10-19-21(14)6-4-16/h7-8,10H,2-6,9H2,1H3. The molecule has 2 aromatic rings. The number of halogens is 2. The number of nitrogens with zero attached hydrogens (tertiary/aromatic N) is 4. The number of rotatable bonds is 4. The maximum absolute atomic E-state index is 14.3. The fourth-order valence-electron chi connectivity index (χ4n) is 2.93. The van der Waals surface area contributed by atoms with E-state index >= 15 is 0 Å². The quantitative estimate of drug-likeness (QED) is 0.869. The van der Waals surface area contributed by atoms with Gasteiger partial charge in [-0.3, -0.25) is 0 Å². The van der Waals surface area contributed by atoms with Gasteiger partial charge in [0.15, 0.2) is 0 Å². The molecule has 1 aromatic carbocycles. The van der Waals surface area contributed by atoms with E-state index in [0.717, 1.165) is 30.5 Å². The van der Waals surface area contributed by atoms with Crippen LogP contribution in [0.4, 0.5) is 14.5 Å². The molecular formula is C15H18F2N4. The lowest BCUT2D eigenvalue weighted by Crippen LogP contribution is -2.31. The zero-order chi connectivity index (χ0) is 14.8. The van der Waals surface area contributed by atoms with E-state index < -0.39 is 6.67 Å². The predicted molar refractivity (Wildman–Crippen MR) is 76.5 cm³/mol. The molecule has 0 amide bonds. The van der Waals surface area contributed by atoms with Crippen molar-refractivity contribution in [1.29, 1.82) is 0 Å². The Balaban J connectivity index is 1.90. The maximum Gasteiger partial charge on any atom is 0.147 e. The van der Waals surface area contributed by atoms with Crippen molar-refractivity contribution in [3.8, 4) is 0 Å². The molecule has 4 nitrogen and oxygen atoms in total. The van der Waals surface area contributed by atoms with Crippen LogP contribution in [-0.2, 0) is 19.5 Å². The van der Waals surface area contributed by atoms with E-state index in [1.807, 2.05) is 17.9 Å². The summed E-state index contributed by atoms with van der Waals surface area (Å²) in [5.74, 6) is 0.474. The van der Waals surface area contributed by atoms with Crippen LogP contribution in [0.1, 0.15) is 23.4 Å². The lowest BCUT2D eigenvalue weighted by atomic mass is 9.99. The fourth-order valence-corrected chi connectivity index (χ4v) is 2.93. The Hall–Kier alpha value is -1.98. The minimum absolute atomic E-state index is 0.187. The Morgan fingerprint density at radius 1 is 1.33 bits per heavy atom. The van der Waals surface area contributed by atoms with Crippen molar-refractivity contribution in [3.05, 3.63) is 41.2 Å². The maximum atomic E-state index is 14.3. The van der Waals surface area contributed by atoms with E-state index in [1.165, 1.54) is 6.33 Å². The van der Waals surface area contributed by atoms with Gasteiger partial charge in [-0.15, -0.1) is 0 Å². The van der Waals surface area contributed by atoms with E-state index in [4.69, 9.17) is 0 Å². The highest BCUT2D eigenvalue weighted by atomic mass is 19.1. The number of alkyl halides is 1. The predicted octanol–water partition coefficient (Wildman–Crippen LogP) is 2.65. The van der Waals surface area contributed by atoms with Gasteiger partial charge in [0.05, 0.1) is 18.8 Å². The number of aromatic nitrogens is 3. The van der Waals surface area contributed by atoms with Crippen molar-refractivity contribution in [2.45, 2.75) is 32.9 Å². The van der Waals surface area contributed by atoms with E-state index in [9.17, 15) is 8.78 Å². The number of aryl methyl sites for hydroxylation is 3. The molecule has 0 unspecified atom stereocenters. The molecule has 0 N–H and O–H groups in total. The zero-order valence-electron chi connectivity index (χ0n) is 12.0. The second-order valence-corrected chi connectivity index (χ2v) is 5.37. The summed E-state index contributed by atoms with van der Waals surface area (Å²) in [5, 5.41) is 4.01. The minimum atomic E-state index is -0.486. The van der Waals surface area contributed by atoms with Crippen LogP contribution in [0.3, 0.4) is 0 Å². The zero-order valence-corrected chi connectivity index (χ0v) is 12.0. The van der Waals surface area contributed by atoms with Gasteiger partial charge < -0.3 is 4.90 Å². The highest BCUT2D eigenvalue weighted by molar-refractivity contribution is 5.57. The van der Waals surface area contributed by atoms with Gasteiger partial charge in [0.1, 0.15) is 24.6 Å². The average molecular weight is 292 g/mol. The van der Waals surface area contributed by atoms with E-state index in [1.54, 1.807) is 10.7 Å². The summed E-state index contributed by atoms with van der Waals surface area (Å²) in [6, 6.07) is 3.60. The highest BCUT2D eigenvalue weighted by Crippen LogP contribution is 2.32. The minimum Gasteiger partial charge on any atom is -0.361 e. The normalized spacial score (nSPS) is 14.3. The Labute approximate surface area is 122 Å². The first-order valence-electron chi connectivity index (χ1n) is 7.15. The summed E-state index contributed by atoms with van der Waals surface area (Å²) >= 11 is 0. The van der Waals surface area contributed by atoms with Gasteiger partial charge in [0.25, 0.3) is 0 Å². The van der Waals surface area contributed by atoms with E-state index in [0.29, 0.717) is 18.1 Å². The van der Waals surface area contributed by atoms with Crippen molar-refractivity contribution >= 4 is 5.69 Å². The van der Waals surface area contributed by atoms with Crippen LogP contribution in [0.25, 0.3) is 0 Å². The van der Waals surface area contributed by atoms with Gasteiger partial charge in [-0.2, -0.15) is 5.10 Å². The molecule has 0 saturated carbocycles. The summed E-state index contributed by atoms with van der Waals surface area (Å²) < 4.78 is 28.4. The van der Waals surface area contributed by atoms with Crippen LogP contribution in [-0.4, -0.2) is 28.0 Å². The van der Waals surface area contributed by atoms with Gasteiger partial charge >= 0.3 is 0 Å². The molecule has 3 rings (SSSR count). The first kappa shape index (κ1) is 14.0. The molecular weight excluding hydrogens is 274 g/mol. The molecule has 0 radical (unpaired) electrons. The molecule has 6 heteroatoms. The SMILES string of the molecule is Cc1cc(F)c2c(c1)CCCN2Cc1ncnn1CCF. The van der Waals surface area contributed by atoms with Gasteiger partial charge in [-0.1, -0.05) is 6.07 Å². The first-order chi connectivity index (χ1) is 10.2. The summed E-state index contributed by atoms with van der Waals surface area (Å²) in [6.45, 7) is 2.83. The number of anilines is 1. The molecule has 1 aliphatic rings. The Morgan fingerprint density at radius 3 is 3.00 bits per heavy atom. The number of hydrogen-bond donors (Lipinski definition) is 0. The van der Waals surface area contributed by atoms with Gasteiger partial charge in [-0.25, -0.2) is 18.4 Å². The number of fused-ring (bicyclic) bond motifs is 1. The lowest BCUT2D eigenvalue weighted by Gasteiger charge is -2.31. The topological polar surface area (TPSA) is 34.0 Å². The molecule has 1 aromatic heterocycles. The van der Waals surface area contributed by atoms with Crippen LogP contribution in [0.2, 0.25) is 0 Å². The molecule has 0 saturated heterocycles. The second kappa shape index (κ2) is 5.79. The van der Waals surface area contributed by atoms with Crippen LogP contribution in [0.5, 0.6) is 0 Å². The summed E-state index contributed by atoms with van der Waals surface area (Å²) in [5.41, 5.74) is 2.63. The van der Waals surface area contributed by atoms with Crippen LogP contribution in [0.15, 0.2) is 18.5 Å². The van der Waals surface area contributed by atoms with Crippen molar-refractivity contribution in [3.63, 3.8) is 0 Å². The average Bonchev–Trinajstić information content (AvgIpc) is 2.86. The Kier molecular flexibility index (Phi) is 3.86. The summed E-state index contributed by atoms with van der Waals surface area (Å²) in [7, 11) is 0. The largest absolute Gasteiger partial charge is 0.361 e. The second-order valence-electron chi connectivity index (χ2n) is 5.37. The van der Waals surface area contributed by atoms with Crippen LogP contribution < -0.4 is 4.90 Å². The van der Waals surface area contributed by atoms with Gasteiger partial charge in [0.2, 0.25) is 0 Å². The number of benzene rings is 1. The molecule has 0 fully saturated rings. The number of hydrogen-bond acceptors (Lipinski definition) is 3. The van der Waals surface area contributed by atoms with Gasteiger partial charge in [-0.05, 0) is 37.0 Å². The first-order valence-corrected chi connectivity index (χ1v) is 7.15. The van der Waals surface area contributed by atoms with Crippen LogP contribution in [0, 0.1) is 12.7 Å². The third-order valence-electron chi connectivity index (χ3n) is 3.80. The Morgan fingerprint density at radius 2 is 2.19 bits per heavy atom. The summed E-state index contributed by atoms with van der Waals surface area (Å²) in [4.78, 5) is 6.15. The highest BCUT2D eigenvalue weighted by Gasteiger charge is 2.22. The van der Waals surface area contributed by atoms with Crippen molar-refractivity contribution < 1.29 is 8.78 Å². The Bertz CT molecular complexity index is 639. The molecule has 2 heterocycles. The lowest BCUT2D eigenvalue weighted by molar-refractivity contribution is 0.417. The molecule has 0 aliphatic carbocycles. The monoisotopic (exact) mass is 292 g/mol. The van der Waals surface area contributed by atoms with Crippen LogP contribution >= 0.6 is 0 Å². The molecule has 1 aliphatic heterocycles. The summed E-state index contributed by atoms with van der Waals surface area (Å²) in [6.07, 6.45) is 3.29. The van der Waals surface area contributed by atoms with Crippen molar-refractivity contribution in [1.82, 2.24) is 14.8 Å². The smallest absolute Gasteiger partial charge is 0.147 e. The molecule has 0 atom stereocenters. The molecule has 0 spiro atoms. The third kappa shape index (κ3) is 2.75. The van der Waals surface area contributed by atoms with E-state index in [-0.39, 0.29) is 12.4 Å². The molecule has 112 valence electrons. The van der Waals surface area contributed by atoms with Crippen molar-refractivity contribution in [2.75, 3.05) is 18.1 Å². The third-order valence-corrected chi connectivity index (χ3v) is 3.80.